The van der Waals surface area contributed by atoms with Gasteiger partial charge in [-0.2, -0.15) is 0 Å². The van der Waals surface area contributed by atoms with E-state index in [0.717, 1.165) is 50.3 Å². The van der Waals surface area contributed by atoms with E-state index >= 15 is 0 Å². The van der Waals surface area contributed by atoms with Gasteiger partial charge in [-0.05, 0) is 42.9 Å². The van der Waals surface area contributed by atoms with Crippen molar-refractivity contribution in [3.05, 3.63) is 78.1 Å². The summed E-state index contributed by atoms with van der Waals surface area (Å²) in [4.78, 5) is 10.6. The molecule has 1 aliphatic heterocycles. The predicted octanol–water partition coefficient (Wildman–Crippen LogP) is 5.01. The molecule has 1 saturated heterocycles. The molecule has 6 heteroatoms. The molecule has 0 radical (unpaired) electrons. The Morgan fingerprint density at radius 3 is 2.50 bits per heavy atom. The summed E-state index contributed by atoms with van der Waals surface area (Å²) in [7, 11) is 0. The van der Waals surface area contributed by atoms with Crippen molar-refractivity contribution in [2.24, 2.45) is 5.92 Å². The molecule has 0 unspecified atom stereocenters. The van der Waals surface area contributed by atoms with Gasteiger partial charge in [-0.1, -0.05) is 30.3 Å². The molecule has 0 atom stereocenters. The number of benzene rings is 2. The van der Waals surface area contributed by atoms with Crippen molar-refractivity contribution in [2.45, 2.75) is 19.3 Å². The SMILES string of the molecule is Fc1ccc(Oc2cc(N3CCC(Cc4ccccc4)CC3)ncn2)c(F)c1. The Kier molecular flexibility index (Phi) is 5.46. The van der Waals surface area contributed by atoms with E-state index in [4.69, 9.17) is 4.74 Å². The van der Waals surface area contributed by atoms with Gasteiger partial charge in [0.25, 0.3) is 0 Å². The van der Waals surface area contributed by atoms with Gasteiger partial charge in [-0.25, -0.2) is 18.7 Å². The highest BCUT2D eigenvalue weighted by molar-refractivity contribution is 5.42. The molecule has 1 aromatic heterocycles. The van der Waals surface area contributed by atoms with Crippen molar-refractivity contribution >= 4 is 5.82 Å². The van der Waals surface area contributed by atoms with Crippen LogP contribution in [0.15, 0.2) is 60.9 Å². The Labute approximate surface area is 162 Å². The Bertz CT molecular complexity index is 928. The molecule has 1 fully saturated rings. The van der Waals surface area contributed by atoms with Crippen LogP contribution in [-0.2, 0) is 6.42 Å². The van der Waals surface area contributed by atoms with Crippen LogP contribution in [0.4, 0.5) is 14.6 Å². The van der Waals surface area contributed by atoms with E-state index in [0.29, 0.717) is 5.92 Å². The number of halogens is 2. The summed E-state index contributed by atoms with van der Waals surface area (Å²) in [5, 5.41) is 0. The third-order valence-electron chi connectivity index (χ3n) is 5.04. The normalized spacial score (nSPS) is 14.9. The maximum absolute atomic E-state index is 13.8. The number of aromatic nitrogens is 2. The van der Waals surface area contributed by atoms with E-state index in [9.17, 15) is 8.78 Å². The summed E-state index contributed by atoms with van der Waals surface area (Å²) in [6.45, 7) is 1.80. The van der Waals surface area contributed by atoms with Gasteiger partial charge < -0.3 is 9.64 Å². The second-order valence-electron chi connectivity index (χ2n) is 7.01. The summed E-state index contributed by atoms with van der Waals surface area (Å²) in [6.07, 6.45) is 4.67. The molecular formula is C22H21F2N3O. The largest absolute Gasteiger partial charge is 0.436 e. The van der Waals surface area contributed by atoms with Crippen LogP contribution in [0.1, 0.15) is 18.4 Å². The predicted molar refractivity (Wildman–Crippen MR) is 104 cm³/mol. The van der Waals surface area contributed by atoms with Crippen molar-refractivity contribution in [3.63, 3.8) is 0 Å². The van der Waals surface area contributed by atoms with Crippen LogP contribution in [0.2, 0.25) is 0 Å². The lowest BCUT2D eigenvalue weighted by molar-refractivity contribution is 0.400. The standard InChI is InChI=1S/C22H21F2N3O/c23-18-6-7-20(19(24)13-18)28-22-14-21(25-15-26-22)27-10-8-17(9-11-27)12-16-4-2-1-3-5-16/h1-7,13-15,17H,8-12H2. The quantitative estimate of drug-likeness (QED) is 0.623. The lowest BCUT2D eigenvalue weighted by atomic mass is 9.90. The zero-order valence-corrected chi connectivity index (χ0v) is 15.4. The van der Waals surface area contributed by atoms with Crippen molar-refractivity contribution in [3.8, 4) is 11.6 Å². The summed E-state index contributed by atoms with van der Waals surface area (Å²) >= 11 is 0. The topological polar surface area (TPSA) is 38.2 Å². The Hall–Kier alpha value is -3.02. The molecule has 0 N–H and O–H groups in total. The number of hydrogen-bond acceptors (Lipinski definition) is 4. The van der Waals surface area contributed by atoms with E-state index in [1.807, 2.05) is 6.07 Å². The monoisotopic (exact) mass is 381 g/mol. The zero-order chi connectivity index (χ0) is 19.3. The first kappa shape index (κ1) is 18.3. The molecule has 0 amide bonds. The highest BCUT2D eigenvalue weighted by Gasteiger charge is 2.21. The number of rotatable bonds is 5. The van der Waals surface area contributed by atoms with Crippen LogP contribution in [0.5, 0.6) is 11.6 Å². The Morgan fingerprint density at radius 1 is 0.964 bits per heavy atom. The fraction of sp³-hybridized carbons (Fsp3) is 0.273. The third-order valence-corrected chi connectivity index (χ3v) is 5.04. The summed E-state index contributed by atoms with van der Waals surface area (Å²) in [6, 6.07) is 15.4. The Balaban J connectivity index is 1.38. The Morgan fingerprint density at radius 2 is 1.75 bits per heavy atom. The number of ether oxygens (including phenoxy) is 1. The zero-order valence-electron chi connectivity index (χ0n) is 15.4. The molecule has 0 bridgehead atoms. The van der Waals surface area contributed by atoms with Crippen molar-refractivity contribution in [1.29, 1.82) is 0 Å². The second-order valence-corrected chi connectivity index (χ2v) is 7.01. The maximum Gasteiger partial charge on any atom is 0.224 e. The lowest BCUT2D eigenvalue weighted by Crippen LogP contribution is -2.34. The average molecular weight is 381 g/mol. The highest BCUT2D eigenvalue weighted by atomic mass is 19.1. The minimum atomic E-state index is -0.762. The maximum atomic E-state index is 13.8. The molecule has 4 nitrogen and oxygen atoms in total. The highest BCUT2D eigenvalue weighted by Crippen LogP contribution is 2.28. The molecule has 144 valence electrons. The lowest BCUT2D eigenvalue weighted by Gasteiger charge is -2.32. The molecule has 28 heavy (non-hydrogen) atoms. The molecule has 1 aliphatic rings. The molecule has 2 heterocycles. The molecule has 2 aromatic carbocycles. The summed E-state index contributed by atoms with van der Waals surface area (Å²) in [5.41, 5.74) is 1.37. The molecule has 0 spiro atoms. The van der Waals surface area contributed by atoms with Gasteiger partial charge in [0, 0.05) is 25.2 Å². The number of nitrogens with zero attached hydrogens (tertiary/aromatic N) is 3. The fourth-order valence-electron chi connectivity index (χ4n) is 3.54. The fourth-order valence-corrected chi connectivity index (χ4v) is 3.54. The van der Waals surface area contributed by atoms with E-state index in [2.05, 4.69) is 39.1 Å². The molecule has 4 rings (SSSR count). The molecule has 3 aromatic rings. The van der Waals surface area contributed by atoms with E-state index in [1.165, 1.54) is 18.0 Å². The first-order valence-electron chi connectivity index (χ1n) is 9.41. The number of piperidine rings is 1. The van der Waals surface area contributed by atoms with Gasteiger partial charge in [-0.15, -0.1) is 0 Å². The van der Waals surface area contributed by atoms with Crippen molar-refractivity contribution in [2.75, 3.05) is 18.0 Å². The van der Waals surface area contributed by atoms with E-state index < -0.39 is 11.6 Å². The van der Waals surface area contributed by atoms with Crippen LogP contribution in [0.3, 0.4) is 0 Å². The van der Waals surface area contributed by atoms with Crippen LogP contribution >= 0.6 is 0 Å². The van der Waals surface area contributed by atoms with Gasteiger partial charge in [-0.3, -0.25) is 0 Å². The van der Waals surface area contributed by atoms with E-state index in [1.54, 1.807) is 6.07 Å². The summed E-state index contributed by atoms with van der Waals surface area (Å²) in [5.74, 6) is 0.179. The smallest absolute Gasteiger partial charge is 0.224 e. The molecule has 0 aliphatic carbocycles. The minimum absolute atomic E-state index is 0.0624. The van der Waals surface area contributed by atoms with Crippen LogP contribution in [-0.4, -0.2) is 23.1 Å². The van der Waals surface area contributed by atoms with Gasteiger partial charge in [0.2, 0.25) is 5.88 Å². The van der Waals surface area contributed by atoms with E-state index in [-0.39, 0.29) is 11.6 Å². The van der Waals surface area contributed by atoms with Gasteiger partial charge in [0.1, 0.15) is 18.0 Å². The van der Waals surface area contributed by atoms with Gasteiger partial charge in [0.15, 0.2) is 11.6 Å². The van der Waals surface area contributed by atoms with Crippen molar-refractivity contribution in [1.82, 2.24) is 9.97 Å². The average Bonchev–Trinajstić information content (AvgIpc) is 2.72. The first-order valence-corrected chi connectivity index (χ1v) is 9.41. The van der Waals surface area contributed by atoms with Crippen molar-refractivity contribution < 1.29 is 13.5 Å². The molecule has 0 saturated carbocycles. The van der Waals surface area contributed by atoms with Crippen LogP contribution < -0.4 is 9.64 Å². The second kappa shape index (κ2) is 8.33. The molecular weight excluding hydrogens is 360 g/mol. The summed E-state index contributed by atoms with van der Waals surface area (Å²) < 4.78 is 32.3. The number of anilines is 1. The number of hydrogen-bond donors (Lipinski definition) is 0. The van der Waals surface area contributed by atoms with Crippen LogP contribution in [0, 0.1) is 17.6 Å². The minimum Gasteiger partial charge on any atom is -0.436 e. The van der Waals surface area contributed by atoms with Gasteiger partial charge in [0.05, 0.1) is 0 Å². The van der Waals surface area contributed by atoms with Crippen LogP contribution in [0.25, 0.3) is 0 Å². The third kappa shape index (κ3) is 4.44. The van der Waals surface area contributed by atoms with Gasteiger partial charge >= 0.3 is 0 Å². The first-order chi connectivity index (χ1) is 13.7.